The van der Waals surface area contributed by atoms with E-state index in [9.17, 15) is 0 Å². The number of nitrogens with zero attached hydrogens (tertiary/aromatic N) is 2. The zero-order chi connectivity index (χ0) is 9.40. The molecule has 0 bridgehead atoms. The average molecular weight is 170 g/mol. The molecule has 0 atom stereocenters. The molecule has 3 nitrogen and oxygen atoms in total. The summed E-state index contributed by atoms with van der Waals surface area (Å²) in [6.45, 7) is 7.60. The fourth-order valence-electron chi connectivity index (χ4n) is 0.811. The van der Waals surface area contributed by atoms with E-state index in [1.165, 1.54) is 5.69 Å². The van der Waals surface area contributed by atoms with Gasteiger partial charge in [0.2, 0.25) is 0 Å². The van der Waals surface area contributed by atoms with Crippen molar-refractivity contribution >= 4 is 0 Å². The summed E-state index contributed by atoms with van der Waals surface area (Å²) in [6, 6.07) is 1.98. The second kappa shape index (κ2) is 6.85. The van der Waals surface area contributed by atoms with Crippen LogP contribution in [0.4, 0.5) is 0 Å². The minimum absolute atomic E-state index is 0.725. The van der Waals surface area contributed by atoms with E-state index < -0.39 is 0 Å². The maximum absolute atomic E-state index is 4.91. The summed E-state index contributed by atoms with van der Waals surface area (Å²) in [5.74, 6) is 0. The van der Waals surface area contributed by atoms with Gasteiger partial charge in [0, 0.05) is 19.0 Å². The third-order valence-electron chi connectivity index (χ3n) is 1.44. The molecule has 0 saturated heterocycles. The molecule has 1 rings (SSSR count). The van der Waals surface area contributed by atoms with Crippen LogP contribution >= 0.6 is 0 Å². The molecule has 0 N–H and O–H groups in total. The van der Waals surface area contributed by atoms with Gasteiger partial charge < -0.3 is 4.74 Å². The van der Waals surface area contributed by atoms with E-state index in [4.69, 9.17) is 4.74 Å². The molecule has 1 aromatic heterocycles. The predicted octanol–water partition coefficient (Wildman–Crippen LogP) is 1.86. The van der Waals surface area contributed by atoms with Crippen molar-refractivity contribution < 1.29 is 4.74 Å². The van der Waals surface area contributed by atoms with Gasteiger partial charge in [0.25, 0.3) is 0 Å². The van der Waals surface area contributed by atoms with Crippen LogP contribution in [0.25, 0.3) is 0 Å². The van der Waals surface area contributed by atoms with E-state index >= 15 is 0 Å². The Morgan fingerprint density at radius 3 is 2.58 bits per heavy atom. The molecule has 1 aromatic rings. The molecular formula is C9H18N2O. The lowest BCUT2D eigenvalue weighted by molar-refractivity contribution is 0.183. The molecule has 70 valence electrons. The second-order valence-corrected chi connectivity index (χ2v) is 2.19. The van der Waals surface area contributed by atoms with Gasteiger partial charge in [0.15, 0.2) is 0 Å². The van der Waals surface area contributed by atoms with Crippen molar-refractivity contribution in [3.8, 4) is 0 Å². The molecule has 0 aliphatic heterocycles. The van der Waals surface area contributed by atoms with E-state index in [0.717, 1.165) is 13.2 Å². The standard InChI is InChI=1S/C7H12N2O.C2H6/c1-7-3-4-8-9(7)5-6-10-2;1-2/h3-4H,5-6H2,1-2H3;1-2H3. The number of hydrogen-bond acceptors (Lipinski definition) is 2. The van der Waals surface area contributed by atoms with Gasteiger partial charge in [-0.15, -0.1) is 0 Å². The Bertz CT molecular complexity index is 196. The summed E-state index contributed by atoms with van der Waals surface area (Å²) >= 11 is 0. The highest BCUT2D eigenvalue weighted by molar-refractivity contribution is 4.96. The Hall–Kier alpha value is -0.830. The molecule has 0 aromatic carbocycles. The first-order chi connectivity index (χ1) is 5.84. The van der Waals surface area contributed by atoms with E-state index in [-0.39, 0.29) is 0 Å². The SMILES string of the molecule is CC.COCCn1nccc1C. The van der Waals surface area contributed by atoms with Crippen molar-refractivity contribution in [2.45, 2.75) is 27.3 Å². The first-order valence-corrected chi connectivity index (χ1v) is 4.32. The highest BCUT2D eigenvalue weighted by atomic mass is 16.5. The predicted molar refractivity (Wildman–Crippen MR) is 50.2 cm³/mol. The Balaban J connectivity index is 0.000000561. The van der Waals surface area contributed by atoms with E-state index in [2.05, 4.69) is 5.10 Å². The lowest BCUT2D eigenvalue weighted by atomic mass is 10.5. The van der Waals surface area contributed by atoms with Crippen molar-refractivity contribution in [3.63, 3.8) is 0 Å². The van der Waals surface area contributed by atoms with Crippen molar-refractivity contribution in [2.75, 3.05) is 13.7 Å². The maximum Gasteiger partial charge on any atom is 0.0658 e. The molecular weight excluding hydrogens is 152 g/mol. The summed E-state index contributed by atoms with van der Waals surface area (Å²) in [6.07, 6.45) is 1.80. The molecule has 0 fully saturated rings. The molecule has 0 radical (unpaired) electrons. The van der Waals surface area contributed by atoms with Crippen LogP contribution in [0, 0.1) is 6.92 Å². The molecule has 3 heteroatoms. The molecule has 0 unspecified atom stereocenters. The van der Waals surface area contributed by atoms with Crippen LogP contribution in [0.15, 0.2) is 12.3 Å². The number of methoxy groups -OCH3 is 1. The van der Waals surface area contributed by atoms with Gasteiger partial charge in [0.05, 0.1) is 13.2 Å². The second-order valence-electron chi connectivity index (χ2n) is 2.19. The van der Waals surface area contributed by atoms with Crippen molar-refractivity contribution in [2.24, 2.45) is 0 Å². The highest BCUT2D eigenvalue weighted by Gasteiger charge is 1.93. The Morgan fingerprint density at radius 1 is 1.50 bits per heavy atom. The van der Waals surface area contributed by atoms with Crippen molar-refractivity contribution in [1.29, 1.82) is 0 Å². The molecule has 0 saturated carbocycles. The van der Waals surface area contributed by atoms with Crippen LogP contribution in [-0.2, 0) is 11.3 Å². The van der Waals surface area contributed by atoms with Crippen LogP contribution in [-0.4, -0.2) is 23.5 Å². The van der Waals surface area contributed by atoms with E-state index in [1.807, 2.05) is 31.5 Å². The summed E-state index contributed by atoms with van der Waals surface area (Å²) in [5, 5.41) is 4.09. The van der Waals surface area contributed by atoms with Crippen LogP contribution in [0.2, 0.25) is 0 Å². The summed E-state index contributed by atoms with van der Waals surface area (Å²) in [7, 11) is 1.69. The summed E-state index contributed by atoms with van der Waals surface area (Å²) in [5.41, 5.74) is 1.18. The number of aromatic nitrogens is 2. The molecule has 1 heterocycles. The largest absolute Gasteiger partial charge is 0.383 e. The van der Waals surface area contributed by atoms with E-state index in [1.54, 1.807) is 13.3 Å². The summed E-state index contributed by atoms with van der Waals surface area (Å²) < 4.78 is 6.83. The highest BCUT2D eigenvalue weighted by Crippen LogP contribution is 1.94. The van der Waals surface area contributed by atoms with Crippen molar-refractivity contribution in [1.82, 2.24) is 9.78 Å². The average Bonchev–Trinajstić information content (AvgIpc) is 2.51. The number of hydrogen-bond donors (Lipinski definition) is 0. The Kier molecular flexibility index (Phi) is 6.38. The zero-order valence-electron chi connectivity index (χ0n) is 8.37. The van der Waals surface area contributed by atoms with Gasteiger partial charge >= 0.3 is 0 Å². The van der Waals surface area contributed by atoms with Crippen LogP contribution in [0.1, 0.15) is 19.5 Å². The van der Waals surface area contributed by atoms with Gasteiger partial charge in [-0.3, -0.25) is 4.68 Å². The first-order valence-electron chi connectivity index (χ1n) is 4.32. The van der Waals surface area contributed by atoms with Gasteiger partial charge in [-0.25, -0.2) is 0 Å². The molecule has 0 aliphatic carbocycles. The van der Waals surface area contributed by atoms with Crippen LogP contribution < -0.4 is 0 Å². The fourth-order valence-corrected chi connectivity index (χ4v) is 0.811. The quantitative estimate of drug-likeness (QED) is 0.692. The minimum Gasteiger partial charge on any atom is -0.383 e. The molecule has 0 spiro atoms. The lowest BCUT2D eigenvalue weighted by Crippen LogP contribution is -2.06. The lowest BCUT2D eigenvalue weighted by Gasteiger charge is -2.01. The Labute approximate surface area is 74.3 Å². The molecule has 12 heavy (non-hydrogen) atoms. The van der Waals surface area contributed by atoms with Gasteiger partial charge in [-0.05, 0) is 13.0 Å². The van der Waals surface area contributed by atoms with Crippen LogP contribution in [0.3, 0.4) is 0 Å². The van der Waals surface area contributed by atoms with Gasteiger partial charge in [-0.2, -0.15) is 5.10 Å². The van der Waals surface area contributed by atoms with Gasteiger partial charge in [0.1, 0.15) is 0 Å². The van der Waals surface area contributed by atoms with Gasteiger partial charge in [-0.1, -0.05) is 13.8 Å². The molecule has 0 amide bonds. The normalized spacial score (nSPS) is 9.00. The maximum atomic E-state index is 4.91. The Morgan fingerprint density at radius 2 is 2.17 bits per heavy atom. The van der Waals surface area contributed by atoms with Crippen LogP contribution in [0.5, 0.6) is 0 Å². The minimum atomic E-state index is 0.725. The van der Waals surface area contributed by atoms with Crippen molar-refractivity contribution in [3.05, 3.63) is 18.0 Å². The summed E-state index contributed by atoms with van der Waals surface area (Å²) in [4.78, 5) is 0. The monoisotopic (exact) mass is 170 g/mol. The fraction of sp³-hybridized carbons (Fsp3) is 0.667. The molecule has 0 aliphatic rings. The number of aryl methyl sites for hydroxylation is 1. The van der Waals surface area contributed by atoms with E-state index in [0.29, 0.717) is 0 Å². The number of rotatable bonds is 3. The third-order valence-corrected chi connectivity index (χ3v) is 1.44. The third kappa shape index (κ3) is 3.53. The first kappa shape index (κ1) is 11.2. The zero-order valence-corrected chi connectivity index (χ0v) is 8.37. The number of ether oxygens (including phenoxy) is 1. The topological polar surface area (TPSA) is 27.1 Å². The smallest absolute Gasteiger partial charge is 0.0658 e.